The maximum absolute atomic E-state index is 11.6. The average Bonchev–Trinajstić information content (AvgIpc) is 2.69. The van der Waals surface area contributed by atoms with Crippen molar-refractivity contribution in [3.63, 3.8) is 0 Å². The molecule has 2 rings (SSSR count). The van der Waals surface area contributed by atoms with E-state index in [2.05, 4.69) is 5.32 Å². The molecule has 5 nitrogen and oxygen atoms in total. The first-order valence-electron chi connectivity index (χ1n) is 6.49. The van der Waals surface area contributed by atoms with Crippen molar-refractivity contribution in [3.05, 3.63) is 29.3 Å². The van der Waals surface area contributed by atoms with Crippen molar-refractivity contribution in [2.45, 2.75) is 25.4 Å². The molecule has 0 fully saturated rings. The van der Waals surface area contributed by atoms with Crippen molar-refractivity contribution in [2.24, 2.45) is 0 Å². The third kappa shape index (κ3) is 3.12. The van der Waals surface area contributed by atoms with Gasteiger partial charge in [-0.25, -0.2) is 0 Å². The molecule has 19 heavy (non-hydrogen) atoms. The molecule has 1 heterocycles. The standard InChI is InChI=1S/C14H20N2O3/c1-16-13-3-2-10(6-11(13)7-14(16)19)8-15-12(9-18)4-5-17/h2-3,6,12,15,17-18H,4-5,7-9H2,1H3. The van der Waals surface area contributed by atoms with Gasteiger partial charge in [-0.3, -0.25) is 4.79 Å². The first-order valence-corrected chi connectivity index (χ1v) is 6.49. The Balaban J connectivity index is 2.00. The van der Waals surface area contributed by atoms with Crippen LogP contribution in [0.3, 0.4) is 0 Å². The van der Waals surface area contributed by atoms with E-state index in [4.69, 9.17) is 10.2 Å². The van der Waals surface area contributed by atoms with Crippen molar-refractivity contribution >= 4 is 11.6 Å². The molecule has 0 saturated heterocycles. The van der Waals surface area contributed by atoms with Crippen LogP contribution in [0.15, 0.2) is 18.2 Å². The van der Waals surface area contributed by atoms with Crippen LogP contribution < -0.4 is 10.2 Å². The molecule has 1 unspecified atom stereocenters. The summed E-state index contributed by atoms with van der Waals surface area (Å²) >= 11 is 0. The fourth-order valence-electron chi connectivity index (χ4n) is 2.31. The molecule has 5 heteroatoms. The number of fused-ring (bicyclic) bond motifs is 1. The topological polar surface area (TPSA) is 72.8 Å². The Morgan fingerprint density at radius 2 is 2.21 bits per heavy atom. The lowest BCUT2D eigenvalue weighted by Gasteiger charge is -2.15. The third-order valence-electron chi connectivity index (χ3n) is 3.51. The highest BCUT2D eigenvalue weighted by Crippen LogP contribution is 2.28. The van der Waals surface area contributed by atoms with Gasteiger partial charge in [0.15, 0.2) is 0 Å². The lowest BCUT2D eigenvalue weighted by molar-refractivity contribution is -0.117. The Morgan fingerprint density at radius 1 is 1.42 bits per heavy atom. The number of anilines is 1. The Bertz CT molecular complexity index is 462. The number of hydrogen-bond acceptors (Lipinski definition) is 4. The van der Waals surface area contributed by atoms with Crippen molar-refractivity contribution in [2.75, 3.05) is 25.2 Å². The molecule has 1 aliphatic heterocycles. The number of nitrogens with one attached hydrogen (secondary N) is 1. The summed E-state index contributed by atoms with van der Waals surface area (Å²) in [5, 5.41) is 21.2. The van der Waals surface area contributed by atoms with Gasteiger partial charge >= 0.3 is 0 Å². The Kier molecular flexibility index (Phi) is 4.52. The quantitative estimate of drug-likeness (QED) is 0.678. The number of carbonyl (C=O) groups excluding carboxylic acids is 1. The first-order chi connectivity index (χ1) is 9.15. The lowest BCUT2D eigenvalue weighted by Crippen LogP contribution is -2.32. The summed E-state index contributed by atoms with van der Waals surface area (Å²) in [7, 11) is 1.79. The molecule has 0 bridgehead atoms. The number of aliphatic hydroxyl groups excluding tert-OH is 2. The summed E-state index contributed by atoms with van der Waals surface area (Å²) in [6, 6.07) is 5.87. The number of rotatable bonds is 6. The molecule has 0 saturated carbocycles. The summed E-state index contributed by atoms with van der Waals surface area (Å²) < 4.78 is 0. The zero-order valence-electron chi connectivity index (χ0n) is 11.1. The molecule has 0 spiro atoms. The number of hydrogen-bond donors (Lipinski definition) is 3. The second-order valence-corrected chi connectivity index (χ2v) is 4.87. The van der Waals surface area contributed by atoms with Crippen molar-refractivity contribution in [3.8, 4) is 0 Å². The minimum atomic E-state index is -0.0949. The van der Waals surface area contributed by atoms with Crippen LogP contribution in [0.25, 0.3) is 0 Å². The van der Waals surface area contributed by atoms with Gasteiger partial charge in [0, 0.05) is 31.9 Å². The molecule has 104 valence electrons. The number of carbonyl (C=O) groups is 1. The molecule has 0 radical (unpaired) electrons. The molecule has 1 atom stereocenters. The van der Waals surface area contributed by atoms with Gasteiger partial charge in [0.1, 0.15) is 0 Å². The van der Waals surface area contributed by atoms with Crippen molar-refractivity contribution in [1.29, 1.82) is 0 Å². The maximum Gasteiger partial charge on any atom is 0.231 e. The smallest absolute Gasteiger partial charge is 0.231 e. The van der Waals surface area contributed by atoms with Crippen LogP contribution in [0.2, 0.25) is 0 Å². The Labute approximate surface area is 112 Å². The van der Waals surface area contributed by atoms with Gasteiger partial charge in [-0.15, -0.1) is 0 Å². The molecule has 1 aliphatic rings. The van der Waals surface area contributed by atoms with Gasteiger partial charge in [0.2, 0.25) is 5.91 Å². The molecular formula is C14H20N2O3. The predicted octanol–water partition coefficient (Wildman–Crippen LogP) is 0.0384. The maximum atomic E-state index is 11.6. The highest BCUT2D eigenvalue weighted by Gasteiger charge is 2.23. The molecule has 1 aromatic rings. The third-order valence-corrected chi connectivity index (χ3v) is 3.51. The van der Waals surface area contributed by atoms with E-state index in [9.17, 15) is 4.79 Å². The van der Waals surface area contributed by atoms with Crippen LogP contribution in [0.4, 0.5) is 5.69 Å². The summed E-state index contributed by atoms with van der Waals surface area (Å²) in [5.41, 5.74) is 3.11. The van der Waals surface area contributed by atoms with Gasteiger partial charge in [0.05, 0.1) is 13.0 Å². The predicted molar refractivity (Wildman–Crippen MR) is 73.0 cm³/mol. The minimum Gasteiger partial charge on any atom is -0.396 e. The van der Waals surface area contributed by atoms with Crippen LogP contribution in [0.1, 0.15) is 17.5 Å². The molecule has 0 aliphatic carbocycles. The van der Waals surface area contributed by atoms with E-state index in [1.165, 1.54) is 0 Å². The van der Waals surface area contributed by atoms with Crippen LogP contribution in [-0.2, 0) is 17.8 Å². The summed E-state index contributed by atoms with van der Waals surface area (Å²) in [6.07, 6.45) is 0.988. The summed E-state index contributed by atoms with van der Waals surface area (Å²) in [4.78, 5) is 13.3. The number of likely N-dealkylation sites (N-methyl/N-ethyl adjacent to an activating group) is 1. The van der Waals surface area contributed by atoms with E-state index in [1.54, 1.807) is 11.9 Å². The monoisotopic (exact) mass is 264 g/mol. The lowest BCUT2D eigenvalue weighted by atomic mass is 10.1. The van der Waals surface area contributed by atoms with Crippen LogP contribution >= 0.6 is 0 Å². The fourth-order valence-corrected chi connectivity index (χ4v) is 2.31. The van der Waals surface area contributed by atoms with E-state index in [0.717, 1.165) is 16.8 Å². The molecule has 1 aromatic carbocycles. The van der Waals surface area contributed by atoms with Crippen LogP contribution in [0.5, 0.6) is 0 Å². The van der Waals surface area contributed by atoms with Crippen LogP contribution in [0, 0.1) is 0 Å². The molecule has 0 aromatic heterocycles. The van der Waals surface area contributed by atoms with Crippen molar-refractivity contribution < 1.29 is 15.0 Å². The molecular weight excluding hydrogens is 244 g/mol. The van der Waals surface area contributed by atoms with Gasteiger partial charge in [-0.1, -0.05) is 12.1 Å². The summed E-state index contributed by atoms with van der Waals surface area (Å²) in [5.74, 6) is 0.119. The second kappa shape index (κ2) is 6.14. The first kappa shape index (κ1) is 14.0. The van der Waals surface area contributed by atoms with E-state index < -0.39 is 0 Å². The Hall–Kier alpha value is -1.43. The van der Waals surface area contributed by atoms with E-state index >= 15 is 0 Å². The van der Waals surface area contributed by atoms with Crippen LogP contribution in [-0.4, -0.2) is 42.4 Å². The zero-order chi connectivity index (χ0) is 13.8. The fraction of sp³-hybridized carbons (Fsp3) is 0.500. The molecule has 1 amide bonds. The number of amides is 1. The minimum absolute atomic E-state index is 0.00667. The van der Waals surface area contributed by atoms with E-state index in [0.29, 0.717) is 19.4 Å². The number of aliphatic hydroxyl groups is 2. The van der Waals surface area contributed by atoms with E-state index in [1.807, 2.05) is 18.2 Å². The van der Waals surface area contributed by atoms with Gasteiger partial charge in [-0.2, -0.15) is 0 Å². The Morgan fingerprint density at radius 3 is 2.89 bits per heavy atom. The molecule has 3 N–H and O–H groups in total. The van der Waals surface area contributed by atoms with Gasteiger partial charge in [0.25, 0.3) is 0 Å². The second-order valence-electron chi connectivity index (χ2n) is 4.87. The normalized spacial score (nSPS) is 15.7. The average molecular weight is 264 g/mol. The highest BCUT2D eigenvalue weighted by molar-refractivity contribution is 6.00. The number of nitrogens with zero attached hydrogens (tertiary/aromatic N) is 1. The highest BCUT2D eigenvalue weighted by atomic mass is 16.3. The SMILES string of the molecule is CN1C(=O)Cc2cc(CNC(CO)CCO)ccc21. The van der Waals surface area contributed by atoms with Gasteiger partial charge in [-0.05, 0) is 23.6 Å². The van der Waals surface area contributed by atoms with E-state index in [-0.39, 0.29) is 25.2 Å². The van der Waals surface area contributed by atoms with Gasteiger partial charge < -0.3 is 20.4 Å². The largest absolute Gasteiger partial charge is 0.396 e. The number of benzene rings is 1. The van der Waals surface area contributed by atoms with Crippen molar-refractivity contribution in [1.82, 2.24) is 5.32 Å². The summed E-state index contributed by atoms with van der Waals surface area (Å²) in [6.45, 7) is 0.685. The zero-order valence-corrected chi connectivity index (χ0v) is 11.1.